The van der Waals surface area contributed by atoms with Crippen LogP contribution >= 0.6 is 0 Å². The Labute approximate surface area is 115 Å². The summed E-state index contributed by atoms with van der Waals surface area (Å²) in [5.41, 5.74) is 1.16. The van der Waals surface area contributed by atoms with Crippen molar-refractivity contribution in [2.24, 2.45) is 0 Å². The summed E-state index contributed by atoms with van der Waals surface area (Å²) in [5.74, 6) is 0. The van der Waals surface area contributed by atoms with Crippen LogP contribution in [0.5, 0.6) is 0 Å². The second kappa shape index (κ2) is 5.64. The van der Waals surface area contributed by atoms with Crippen molar-refractivity contribution in [3.63, 3.8) is 0 Å². The predicted octanol–water partition coefficient (Wildman–Crippen LogP) is 3.30. The number of rotatable bonds is 4. The zero-order chi connectivity index (χ0) is 13.1. The van der Waals surface area contributed by atoms with E-state index in [2.05, 4.69) is 22.3 Å². The molecule has 2 aliphatic rings. The summed E-state index contributed by atoms with van der Waals surface area (Å²) in [5, 5.41) is 3.08. The smallest absolute Gasteiger partial charge is 0.318 e. The zero-order valence-corrected chi connectivity index (χ0v) is 11.3. The van der Waals surface area contributed by atoms with Crippen LogP contribution in [-0.2, 0) is 6.54 Å². The highest BCUT2D eigenvalue weighted by Crippen LogP contribution is 2.34. The van der Waals surface area contributed by atoms with E-state index < -0.39 is 0 Å². The van der Waals surface area contributed by atoms with Crippen molar-refractivity contribution < 1.29 is 4.79 Å². The summed E-state index contributed by atoms with van der Waals surface area (Å²) in [6.07, 6.45) is 7.31. The summed E-state index contributed by atoms with van der Waals surface area (Å²) in [4.78, 5) is 14.5. The molecule has 2 aliphatic carbocycles. The fourth-order valence-electron chi connectivity index (χ4n) is 3.03. The molecule has 0 saturated heterocycles. The molecule has 2 amide bonds. The first kappa shape index (κ1) is 12.5. The van der Waals surface area contributed by atoms with Gasteiger partial charge < -0.3 is 10.2 Å². The lowest BCUT2D eigenvalue weighted by molar-refractivity contribution is 0.170. The van der Waals surface area contributed by atoms with Gasteiger partial charge in [-0.3, -0.25) is 0 Å². The Morgan fingerprint density at radius 3 is 2.32 bits per heavy atom. The molecule has 3 heteroatoms. The maximum Gasteiger partial charge on any atom is 0.318 e. The van der Waals surface area contributed by atoms with Crippen molar-refractivity contribution in [3.05, 3.63) is 35.9 Å². The Hall–Kier alpha value is -1.51. The second-order valence-electron chi connectivity index (χ2n) is 5.72. The second-order valence-corrected chi connectivity index (χ2v) is 5.72. The normalized spacial score (nSPS) is 19.4. The van der Waals surface area contributed by atoms with Crippen LogP contribution < -0.4 is 5.32 Å². The maximum atomic E-state index is 12.4. The van der Waals surface area contributed by atoms with Crippen molar-refractivity contribution in [1.29, 1.82) is 0 Å². The minimum atomic E-state index is 0.137. The average molecular weight is 258 g/mol. The molecule has 1 N–H and O–H groups in total. The van der Waals surface area contributed by atoms with Crippen LogP contribution in [0.15, 0.2) is 30.3 Å². The van der Waals surface area contributed by atoms with Gasteiger partial charge in [-0.15, -0.1) is 0 Å². The van der Waals surface area contributed by atoms with Crippen LogP contribution in [0.4, 0.5) is 4.79 Å². The molecule has 0 aromatic heterocycles. The number of urea groups is 1. The third-order valence-electron chi connectivity index (χ3n) is 4.18. The molecular weight excluding hydrogens is 236 g/mol. The molecular formula is C16H22N2O. The van der Waals surface area contributed by atoms with Crippen molar-refractivity contribution in [3.8, 4) is 0 Å². The van der Waals surface area contributed by atoms with E-state index in [4.69, 9.17) is 0 Å². The summed E-state index contributed by atoms with van der Waals surface area (Å²) >= 11 is 0. The van der Waals surface area contributed by atoms with Gasteiger partial charge in [0.2, 0.25) is 0 Å². The molecule has 0 radical (unpaired) electrons. The summed E-state index contributed by atoms with van der Waals surface area (Å²) in [7, 11) is 0. The highest BCUT2D eigenvalue weighted by atomic mass is 16.2. The van der Waals surface area contributed by atoms with Gasteiger partial charge >= 0.3 is 6.03 Å². The topological polar surface area (TPSA) is 32.3 Å². The number of carbonyl (C=O) groups is 1. The first-order chi connectivity index (χ1) is 9.34. The van der Waals surface area contributed by atoms with Crippen LogP contribution in [0.1, 0.15) is 44.1 Å². The fraction of sp³-hybridized carbons (Fsp3) is 0.562. The van der Waals surface area contributed by atoms with Crippen LogP contribution in [-0.4, -0.2) is 23.0 Å². The van der Waals surface area contributed by atoms with Crippen molar-refractivity contribution in [2.45, 2.75) is 57.2 Å². The SMILES string of the molecule is O=C(NCc1ccccc1)N(C1CCCC1)C1CC1. The lowest BCUT2D eigenvalue weighted by Crippen LogP contribution is -2.46. The third-order valence-corrected chi connectivity index (χ3v) is 4.18. The fourth-order valence-corrected chi connectivity index (χ4v) is 3.03. The first-order valence-electron chi connectivity index (χ1n) is 7.44. The van der Waals surface area contributed by atoms with Gasteiger partial charge in [0.25, 0.3) is 0 Å². The Balaban J connectivity index is 1.58. The first-order valence-corrected chi connectivity index (χ1v) is 7.44. The third kappa shape index (κ3) is 3.09. The van der Waals surface area contributed by atoms with Gasteiger partial charge in [0.05, 0.1) is 0 Å². The lowest BCUT2D eigenvalue weighted by Gasteiger charge is -2.29. The van der Waals surface area contributed by atoms with Crippen LogP contribution in [0.2, 0.25) is 0 Å². The van der Waals surface area contributed by atoms with Gasteiger partial charge in [0.15, 0.2) is 0 Å². The molecule has 19 heavy (non-hydrogen) atoms. The number of hydrogen-bond donors (Lipinski definition) is 1. The van der Waals surface area contributed by atoms with Crippen molar-refractivity contribution >= 4 is 6.03 Å². The van der Waals surface area contributed by atoms with E-state index in [0.717, 1.165) is 5.56 Å². The molecule has 0 spiro atoms. The molecule has 0 unspecified atom stereocenters. The summed E-state index contributed by atoms with van der Waals surface area (Å²) < 4.78 is 0. The average Bonchev–Trinajstić information content (AvgIpc) is 3.12. The predicted molar refractivity (Wildman–Crippen MR) is 75.8 cm³/mol. The van der Waals surface area contributed by atoms with Crippen LogP contribution in [0.25, 0.3) is 0 Å². The number of hydrogen-bond acceptors (Lipinski definition) is 1. The van der Waals surface area contributed by atoms with Crippen molar-refractivity contribution in [2.75, 3.05) is 0 Å². The molecule has 0 bridgehead atoms. The molecule has 0 heterocycles. The van der Waals surface area contributed by atoms with Gasteiger partial charge in [-0.2, -0.15) is 0 Å². The van der Waals surface area contributed by atoms with Gasteiger partial charge in [-0.25, -0.2) is 4.79 Å². The monoisotopic (exact) mass is 258 g/mol. The van der Waals surface area contributed by atoms with Gasteiger partial charge in [0, 0.05) is 18.6 Å². The van der Waals surface area contributed by atoms with E-state index in [1.165, 1.54) is 38.5 Å². The highest BCUT2D eigenvalue weighted by Gasteiger charge is 2.38. The summed E-state index contributed by atoms with van der Waals surface area (Å²) in [6.45, 7) is 0.635. The minimum absolute atomic E-state index is 0.137. The Morgan fingerprint density at radius 2 is 1.68 bits per heavy atom. The van der Waals surface area contributed by atoms with E-state index >= 15 is 0 Å². The quantitative estimate of drug-likeness (QED) is 0.883. The molecule has 1 aromatic rings. The van der Waals surface area contributed by atoms with Crippen LogP contribution in [0, 0.1) is 0 Å². The molecule has 2 fully saturated rings. The number of carbonyl (C=O) groups excluding carboxylic acids is 1. The number of benzene rings is 1. The molecule has 3 rings (SSSR count). The molecule has 1 aromatic carbocycles. The van der Waals surface area contributed by atoms with Crippen LogP contribution in [0.3, 0.4) is 0 Å². The van der Waals surface area contributed by atoms with E-state index in [-0.39, 0.29) is 6.03 Å². The van der Waals surface area contributed by atoms with E-state index in [1.807, 2.05) is 18.2 Å². The standard InChI is InChI=1S/C16H22N2O/c19-16(17-12-13-6-2-1-3-7-13)18(15-10-11-15)14-8-4-5-9-14/h1-3,6-7,14-15H,4-5,8-12H2,(H,17,19). The number of nitrogens with zero attached hydrogens (tertiary/aromatic N) is 1. The zero-order valence-electron chi connectivity index (χ0n) is 11.3. The largest absolute Gasteiger partial charge is 0.334 e. The molecule has 3 nitrogen and oxygen atoms in total. The number of nitrogens with one attached hydrogen (secondary N) is 1. The van der Waals surface area contributed by atoms with E-state index in [0.29, 0.717) is 18.6 Å². The molecule has 0 aliphatic heterocycles. The highest BCUT2D eigenvalue weighted by molar-refractivity contribution is 5.75. The molecule has 0 atom stereocenters. The maximum absolute atomic E-state index is 12.4. The number of amides is 2. The van der Waals surface area contributed by atoms with Gasteiger partial charge in [0.1, 0.15) is 0 Å². The van der Waals surface area contributed by atoms with Gasteiger partial charge in [-0.05, 0) is 31.2 Å². The minimum Gasteiger partial charge on any atom is -0.334 e. The Kier molecular flexibility index (Phi) is 3.72. The molecule has 2 saturated carbocycles. The van der Waals surface area contributed by atoms with Crippen molar-refractivity contribution in [1.82, 2.24) is 10.2 Å². The Morgan fingerprint density at radius 1 is 1.05 bits per heavy atom. The Bertz CT molecular complexity index is 422. The molecule has 102 valence electrons. The van der Waals surface area contributed by atoms with E-state index in [1.54, 1.807) is 0 Å². The lowest BCUT2D eigenvalue weighted by atomic mass is 10.2. The summed E-state index contributed by atoms with van der Waals surface area (Å²) in [6, 6.07) is 11.3. The van der Waals surface area contributed by atoms with E-state index in [9.17, 15) is 4.79 Å². The van der Waals surface area contributed by atoms with Gasteiger partial charge in [-0.1, -0.05) is 43.2 Å².